The van der Waals surface area contributed by atoms with Crippen molar-refractivity contribution in [3.8, 4) is 11.5 Å². The van der Waals surface area contributed by atoms with Crippen LogP contribution in [0.1, 0.15) is 36.7 Å². The third-order valence-electron chi connectivity index (χ3n) is 8.30. The molecule has 0 bridgehead atoms. The summed E-state index contributed by atoms with van der Waals surface area (Å²) in [5.41, 5.74) is 2.35. The van der Waals surface area contributed by atoms with E-state index in [0.29, 0.717) is 42.1 Å². The first-order valence-electron chi connectivity index (χ1n) is 14.5. The summed E-state index contributed by atoms with van der Waals surface area (Å²) in [4.78, 5) is 9.73. The molecule has 1 saturated heterocycles. The molecule has 5 rings (SSSR count). The highest BCUT2D eigenvalue weighted by molar-refractivity contribution is 6.32. The van der Waals surface area contributed by atoms with Crippen molar-refractivity contribution in [1.29, 1.82) is 0 Å². The molecular formula is C33H40Cl2N4O3. The Balaban J connectivity index is 1.35. The first-order valence-corrected chi connectivity index (χ1v) is 15.3. The lowest BCUT2D eigenvalue weighted by molar-refractivity contribution is -0.0788. The minimum atomic E-state index is -0.709. The Hall–Kier alpha value is -2.81. The van der Waals surface area contributed by atoms with Crippen LogP contribution in [0.3, 0.4) is 0 Å². The van der Waals surface area contributed by atoms with E-state index in [4.69, 9.17) is 37.4 Å². The molecule has 1 aliphatic heterocycles. The molecule has 2 N–H and O–H groups in total. The van der Waals surface area contributed by atoms with Gasteiger partial charge in [-0.05, 0) is 61.7 Å². The van der Waals surface area contributed by atoms with E-state index in [1.54, 1.807) is 19.5 Å². The molecular weight excluding hydrogens is 571 g/mol. The van der Waals surface area contributed by atoms with Crippen LogP contribution in [0.25, 0.3) is 5.57 Å². The Labute approximate surface area is 258 Å². The molecule has 0 amide bonds. The first kappa shape index (κ1) is 30.6. The van der Waals surface area contributed by atoms with Crippen molar-refractivity contribution in [2.24, 2.45) is 11.8 Å². The summed E-state index contributed by atoms with van der Waals surface area (Å²) in [5, 5.41) is 4.61. The van der Waals surface area contributed by atoms with E-state index in [1.165, 1.54) is 6.42 Å². The number of piperidine rings is 1. The predicted molar refractivity (Wildman–Crippen MR) is 169 cm³/mol. The van der Waals surface area contributed by atoms with Crippen molar-refractivity contribution in [1.82, 2.24) is 20.2 Å². The molecule has 3 unspecified atom stereocenters. The first-order chi connectivity index (χ1) is 20.4. The minimum Gasteiger partial charge on any atom is -0.496 e. The van der Waals surface area contributed by atoms with Crippen LogP contribution in [0.15, 0.2) is 67.0 Å². The summed E-state index contributed by atoms with van der Waals surface area (Å²) in [6, 6.07) is 11.7. The van der Waals surface area contributed by atoms with Gasteiger partial charge >= 0.3 is 0 Å². The number of methoxy groups -OCH3 is 1. The van der Waals surface area contributed by atoms with E-state index in [0.717, 1.165) is 47.1 Å². The lowest BCUT2D eigenvalue weighted by atomic mass is 9.77. The molecule has 1 aromatic heterocycles. The topological polar surface area (TPSA) is 71.6 Å². The molecule has 2 aliphatic rings. The molecule has 0 saturated carbocycles. The third kappa shape index (κ3) is 7.21. The van der Waals surface area contributed by atoms with Gasteiger partial charge in [0, 0.05) is 48.1 Å². The average Bonchev–Trinajstić information content (AvgIpc) is 3.51. The van der Waals surface area contributed by atoms with Crippen LogP contribution >= 0.6 is 23.2 Å². The molecule has 3 atom stereocenters. The molecule has 7 nitrogen and oxygen atoms in total. The molecule has 2 heterocycles. The molecule has 0 radical (unpaired) electrons. The van der Waals surface area contributed by atoms with E-state index in [1.807, 2.05) is 30.3 Å². The fraction of sp³-hybridized carbons (Fsp3) is 0.424. The van der Waals surface area contributed by atoms with E-state index >= 15 is 0 Å². The van der Waals surface area contributed by atoms with Gasteiger partial charge in [0.25, 0.3) is 0 Å². The minimum absolute atomic E-state index is 0.0190. The molecule has 224 valence electrons. The highest BCUT2D eigenvalue weighted by Gasteiger charge is 2.41. The maximum absolute atomic E-state index is 6.88. The smallest absolute Gasteiger partial charge is 0.141 e. The van der Waals surface area contributed by atoms with Gasteiger partial charge < -0.3 is 29.4 Å². The molecule has 1 fully saturated rings. The number of hydrogen-bond donors (Lipinski definition) is 2. The molecule has 42 heavy (non-hydrogen) atoms. The maximum atomic E-state index is 6.88. The molecule has 2 aromatic carbocycles. The van der Waals surface area contributed by atoms with Crippen LogP contribution in [-0.4, -0.2) is 60.9 Å². The van der Waals surface area contributed by atoms with Crippen LogP contribution in [0, 0.1) is 11.8 Å². The van der Waals surface area contributed by atoms with Crippen LogP contribution in [0.5, 0.6) is 11.5 Å². The normalized spacial score (nSPS) is 22.6. The number of H-pyrrole nitrogens is 1. The van der Waals surface area contributed by atoms with Crippen LogP contribution in [0.2, 0.25) is 10.0 Å². The summed E-state index contributed by atoms with van der Waals surface area (Å²) in [6.45, 7) is 6.46. The Morgan fingerprint density at radius 1 is 1.14 bits per heavy atom. The SMILES string of the molecule is COc1cc(OCC2(OCC3CCCN(C)C3)C=CC=C(c3ccccc3Cl)C2C)c(Cl)cc1CNCc1ncc[nH]1. The van der Waals surface area contributed by atoms with Gasteiger partial charge in [0.2, 0.25) is 0 Å². The Morgan fingerprint density at radius 2 is 2.00 bits per heavy atom. The van der Waals surface area contributed by atoms with Gasteiger partial charge in [-0.3, -0.25) is 0 Å². The highest BCUT2D eigenvalue weighted by atomic mass is 35.5. The Bertz CT molecular complexity index is 1390. The number of likely N-dealkylation sites (tertiary alicyclic amines) is 1. The van der Waals surface area contributed by atoms with Crippen LogP contribution in [-0.2, 0) is 17.8 Å². The quantitative estimate of drug-likeness (QED) is 0.235. The largest absolute Gasteiger partial charge is 0.496 e. The summed E-state index contributed by atoms with van der Waals surface area (Å²) < 4.78 is 19.1. The number of benzene rings is 2. The van der Waals surface area contributed by atoms with Gasteiger partial charge in [-0.2, -0.15) is 0 Å². The Morgan fingerprint density at radius 3 is 2.76 bits per heavy atom. The number of nitrogens with one attached hydrogen (secondary N) is 2. The fourth-order valence-corrected chi connectivity index (χ4v) is 6.36. The number of hydrogen-bond acceptors (Lipinski definition) is 6. The van der Waals surface area contributed by atoms with E-state index < -0.39 is 5.60 Å². The Kier molecular flexibility index (Phi) is 10.3. The van der Waals surface area contributed by atoms with Crippen molar-refractivity contribution < 1.29 is 14.2 Å². The monoisotopic (exact) mass is 610 g/mol. The van der Waals surface area contributed by atoms with E-state index in [9.17, 15) is 0 Å². The van der Waals surface area contributed by atoms with E-state index in [-0.39, 0.29) is 12.5 Å². The van der Waals surface area contributed by atoms with Crippen LogP contribution < -0.4 is 14.8 Å². The summed E-state index contributed by atoms with van der Waals surface area (Å²) in [6.07, 6.45) is 12.2. The number of aromatic nitrogens is 2. The average molecular weight is 612 g/mol. The number of aromatic amines is 1. The third-order valence-corrected chi connectivity index (χ3v) is 8.92. The summed E-state index contributed by atoms with van der Waals surface area (Å²) >= 11 is 13.4. The maximum Gasteiger partial charge on any atom is 0.141 e. The van der Waals surface area contributed by atoms with Crippen LogP contribution in [0.4, 0.5) is 0 Å². The number of imidazole rings is 1. The van der Waals surface area contributed by atoms with Crippen molar-refractivity contribution >= 4 is 28.8 Å². The number of ether oxygens (including phenoxy) is 3. The zero-order valence-electron chi connectivity index (χ0n) is 24.5. The van der Waals surface area contributed by atoms with Crippen molar-refractivity contribution in [2.75, 3.05) is 40.5 Å². The number of rotatable bonds is 12. The number of allylic oxidation sites excluding steroid dienone is 2. The number of nitrogens with zero attached hydrogens (tertiary/aromatic N) is 2. The zero-order chi connectivity index (χ0) is 29.5. The summed E-state index contributed by atoms with van der Waals surface area (Å²) in [7, 11) is 3.83. The number of halogens is 2. The van der Waals surface area contributed by atoms with Crippen molar-refractivity contribution in [3.63, 3.8) is 0 Å². The lowest BCUT2D eigenvalue weighted by Crippen LogP contribution is -2.47. The van der Waals surface area contributed by atoms with Gasteiger partial charge in [0.1, 0.15) is 29.5 Å². The summed E-state index contributed by atoms with van der Waals surface area (Å²) in [5.74, 6) is 2.57. The predicted octanol–water partition coefficient (Wildman–Crippen LogP) is 6.78. The molecule has 0 spiro atoms. The van der Waals surface area contributed by atoms with Gasteiger partial charge in [0.05, 0.1) is 25.3 Å². The van der Waals surface area contributed by atoms with Gasteiger partial charge in [-0.1, -0.05) is 60.5 Å². The second-order valence-electron chi connectivity index (χ2n) is 11.2. The van der Waals surface area contributed by atoms with Gasteiger partial charge in [-0.15, -0.1) is 0 Å². The fourth-order valence-electron chi connectivity index (χ4n) is 5.87. The standard InChI is InChI=1S/C33H40Cl2N4O3/c1-23-26(27-9-4-5-11-28(27)34)10-6-12-33(23,42-21-24-8-7-15-39(2)20-24)22-41-31-17-30(40-3)25(16-29(31)35)18-36-19-32-37-13-14-38-32/h4-6,9-14,16-17,23-24,36H,7-8,15,18-22H2,1-3H3,(H,37,38). The second kappa shape index (κ2) is 14.1. The van der Waals surface area contributed by atoms with Gasteiger partial charge in [-0.25, -0.2) is 4.98 Å². The lowest BCUT2D eigenvalue weighted by Gasteiger charge is -2.41. The molecule has 1 aliphatic carbocycles. The van der Waals surface area contributed by atoms with Crippen molar-refractivity contribution in [3.05, 3.63) is 94.0 Å². The van der Waals surface area contributed by atoms with Gasteiger partial charge in [0.15, 0.2) is 0 Å². The highest BCUT2D eigenvalue weighted by Crippen LogP contribution is 2.42. The molecule has 3 aromatic rings. The van der Waals surface area contributed by atoms with E-state index in [2.05, 4.69) is 58.5 Å². The second-order valence-corrected chi connectivity index (χ2v) is 12.1. The molecule has 9 heteroatoms. The zero-order valence-corrected chi connectivity index (χ0v) is 26.0. The van der Waals surface area contributed by atoms with Crippen molar-refractivity contribution in [2.45, 2.75) is 38.5 Å².